The van der Waals surface area contributed by atoms with Crippen molar-refractivity contribution >= 4 is 5.91 Å². The van der Waals surface area contributed by atoms with Crippen LogP contribution in [0.1, 0.15) is 38.4 Å². The first-order chi connectivity index (χ1) is 14.1. The zero-order valence-electron chi connectivity index (χ0n) is 16.4. The Kier molecular flexibility index (Phi) is 6.46. The molecule has 0 radical (unpaired) electrons. The van der Waals surface area contributed by atoms with E-state index in [1.807, 2.05) is 18.2 Å². The summed E-state index contributed by atoms with van der Waals surface area (Å²) in [5.41, 5.74) is 9.86. The number of hydrogen-bond acceptors (Lipinski definition) is 6. The molecule has 1 amide bonds. The smallest absolute Gasteiger partial charge is 0.252 e. The van der Waals surface area contributed by atoms with Crippen molar-refractivity contribution in [2.45, 2.75) is 25.9 Å². The van der Waals surface area contributed by atoms with Crippen LogP contribution in [-0.2, 0) is 25.9 Å². The summed E-state index contributed by atoms with van der Waals surface area (Å²) in [6.45, 7) is -0.134. The number of rotatable bonds is 9. The maximum atomic E-state index is 12.1. The van der Waals surface area contributed by atoms with Crippen LogP contribution in [0.3, 0.4) is 0 Å². The number of aromatic amines is 1. The van der Waals surface area contributed by atoms with E-state index in [-0.39, 0.29) is 6.61 Å². The highest BCUT2D eigenvalue weighted by atomic mass is 16.5. The van der Waals surface area contributed by atoms with Crippen LogP contribution in [0.2, 0.25) is 0 Å². The van der Waals surface area contributed by atoms with Crippen molar-refractivity contribution in [3.05, 3.63) is 70.3 Å². The number of benzene rings is 1. The molecule has 0 spiro atoms. The van der Waals surface area contributed by atoms with Crippen molar-refractivity contribution in [1.29, 1.82) is 0 Å². The van der Waals surface area contributed by atoms with Crippen LogP contribution in [0.5, 0.6) is 11.5 Å². The van der Waals surface area contributed by atoms with Gasteiger partial charge in [0.2, 0.25) is 0 Å². The van der Waals surface area contributed by atoms with Gasteiger partial charge in [-0.2, -0.15) is 5.10 Å². The van der Waals surface area contributed by atoms with Crippen LogP contribution in [0.4, 0.5) is 0 Å². The van der Waals surface area contributed by atoms with E-state index in [0.717, 1.165) is 16.7 Å². The Bertz CT molecular complexity index is 986. The van der Waals surface area contributed by atoms with Crippen LogP contribution in [0.15, 0.2) is 36.7 Å². The van der Waals surface area contributed by atoms with Crippen LogP contribution in [0.25, 0.3) is 0 Å². The molecule has 0 bridgehead atoms. The van der Waals surface area contributed by atoms with Gasteiger partial charge in [-0.25, -0.2) is 0 Å². The number of pyridine rings is 1. The SMILES string of the molecule is COc1cc(CO)c(CCc2n[nH]c(Cc3cccnc3)c2C(N)=O)cc1OC. The van der Waals surface area contributed by atoms with Gasteiger partial charge in [0.1, 0.15) is 0 Å². The standard InChI is InChI=1S/C21H24N4O4/c1-28-18-9-14(15(12-26)10-19(18)29-2)5-6-16-20(21(22)27)17(25-24-16)8-13-4-3-7-23-11-13/h3-4,7,9-11,26H,5-6,8,12H2,1-2H3,(H2,22,27)(H,24,25). The minimum atomic E-state index is -0.526. The number of methoxy groups -OCH3 is 2. The summed E-state index contributed by atoms with van der Waals surface area (Å²) < 4.78 is 10.6. The number of aromatic nitrogens is 3. The second kappa shape index (κ2) is 9.20. The lowest BCUT2D eigenvalue weighted by atomic mass is 9.98. The molecule has 8 heteroatoms. The van der Waals surface area contributed by atoms with Crippen LogP contribution in [-0.4, -0.2) is 40.4 Å². The molecular weight excluding hydrogens is 372 g/mol. The zero-order chi connectivity index (χ0) is 20.8. The van der Waals surface area contributed by atoms with Crippen molar-refractivity contribution < 1.29 is 19.4 Å². The molecule has 2 heterocycles. The molecule has 0 unspecified atom stereocenters. The van der Waals surface area contributed by atoms with Gasteiger partial charge in [-0.3, -0.25) is 14.9 Å². The van der Waals surface area contributed by atoms with Crippen LogP contribution in [0, 0.1) is 0 Å². The maximum absolute atomic E-state index is 12.1. The van der Waals surface area contributed by atoms with Gasteiger partial charge in [-0.15, -0.1) is 0 Å². The molecule has 0 aliphatic heterocycles. The molecule has 8 nitrogen and oxygen atoms in total. The quantitative estimate of drug-likeness (QED) is 0.507. The van der Waals surface area contributed by atoms with Gasteiger partial charge in [0.15, 0.2) is 11.5 Å². The second-order valence-electron chi connectivity index (χ2n) is 6.56. The van der Waals surface area contributed by atoms with Crippen molar-refractivity contribution in [3.63, 3.8) is 0 Å². The van der Waals surface area contributed by atoms with Gasteiger partial charge in [-0.05, 0) is 47.7 Å². The molecular formula is C21H24N4O4. The number of nitrogens with zero attached hydrogens (tertiary/aromatic N) is 2. The minimum absolute atomic E-state index is 0.134. The van der Waals surface area contributed by atoms with Gasteiger partial charge in [0, 0.05) is 18.8 Å². The normalized spacial score (nSPS) is 10.7. The summed E-state index contributed by atoms with van der Waals surface area (Å²) in [5, 5.41) is 17.0. The van der Waals surface area contributed by atoms with Crippen LogP contribution >= 0.6 is 0 Å². The Labute approximate surface area is 168 Å². The summed E-state index contributed by atoms with van der Waals surface area (Å²) in [6.07, 6.45) is 4.94. The molecule has 0 saturated carbocycles. The van der Waals surface area contributed by atoms with Gasteiger partial charge < -0.3 is 20.3 Å². The average molecular weight is 396 g/mol. The third-order valence-corrected chi connectivity index (χ3v) is 4.77. The van der Waals surface area contributed by atoms with Crippen molar-refractivity contribution in [2.24, 2.45) is 5.73 Å². The van der Waals surface area contributed by atoms with Gasteiger partial charge in [-0.1, -0.05) is 6.07 Å². The fourth-order valence-corrected chi connectivity index (χ4v) is 3.32. The Hall–Kier alpha value is -3.39. The molecule has 1 aromatic carbocycles. The molecule has 4 N–H and O–H groups in total. The molecule has 0 aliphatic rings. The number of H-pyrrole nitrogens is 1. The fourth-order valence-electron chi connectivity index (χ4n) is 3.32. The van der Waals surface area contributed by atoms with Crippen molar-refractivity contribution in [2.75, 3.05) is 14.2 Å². The van der Waals surface area contributed by atoms with E-state index in [9.17, 15) is 9.90 Å². The summed E-state index contributed by atoms with van der Waals surface area (Å²) in [5.74, 6) is 0.605. The van der Waals surface area contributed by atoms with Crippen molar-refractivity contribution in [1.82, 2.24) is 15.2 Å². The summed E-state index contributed by atoms with van der Waals surface area (Å²) >= 11 is 0. The second-order valence-corrected chi connectivity index (χ2v) is 6.56. The first kappa shape index (κ1) is 20.3. The number of primary amides is 1. The number of aryl methyl sites for hydroxylation is 2. The number of aliphatic hydroxyl groups excluding tert-OH is 1. The largest absolute Gasteiger partial charge is 0.493 e. The van der Waals surface area contributed by atoms with E-state index in [1.165, 1.54) is 0 Å². The minimum Gasteiger partial charge on any atom is -0.493 e. The third kappa shape index (κ3) is 4.55. The summed E-state index contributed by atoms with van der Waals surface area (Å²) in [4.78, 5) is 16.2. The Morgan fingerprint density at radius 1 is 1.17 bits per heavy atom. The highest BCUT2D eigenvalue weighted by Gasteiger charge is 2.19. The number of carbonyl (C=O) groups is 1. The number of aliphatic hydroxyl groups is 1. The molecule has 3 aromatic rings. The predicted octanol–water partition coefficient (Wildman–Crippen LogP) is 1.79. The number of carbonyl (C=O) groups excluding carboxylic acids is 1. The number of hydrogen-bond donors (Lipinski definition) is 3. The third-order valence-electron chi connectivity index (χ3n) is 4.77. The Morgan fingerprint density at radius 2 is 1.90 bits per heavy atom. The van der Waals surface area contributed by atoms with E-state index >= 15 is 0 Å². The number of ether oxygens (including phenoxy) is 2. The number of nitrogens with one attached hydrogen (secondary N) is 1. The lowest BCUT2D eigenvalue weighted by Gasteiger charge is -2.13. The predicted molar refractivity (Wildman–Crippen MR) is 107 cm³/mol. The molecule has 29 heavy (non-hydrogen) atoms. The van der Waals surface area contributed by atoms with Gasteiger partial charge in [0.25, 0.3) is 5.91 Å². The first-order valence-corrected chi connectivity index (χ1v) is 9.16. The summed E-state index contributed by atoms with van der Waals surface area (Å²) in [6, 6.07) is 7.35. The lowest BCUT2D eigenvalue weighted by Crippen LogP contribution is -2.15. The van der Waals surface area contributed by atoms with Crippen molar-refractivity contribution in [3.8, 4) is 11.5 Å². The lowest BCUT2D eigenvalue weighted by molar-refractivity contribution is 0.0998. The highest BCUT2D eigenvalue weighted by Crippen LogP contribution is 2.31. The molecule has 0 atom stereocenters. The fraction of sp³-hybridized carbons (Fsp3) is 0.286. The topological polar surface area (TPSA) is 123 Å². The van der Waals surface area contributed by atoms with Crippen LogP contribution < -0.4 is 15.2 Å². The molecule has 0 fully saturated rings. The Morgan fingerprint density at radius 3 is 2.48 bits per heavy atom. The van der Waals surface area contributed by atoms with E-state index in [4.69, 9.17) is 15.2 Å². The monoisotopic (exact) mass is 396 g/mol. The zero-order valence-corrected chi connectivity index (χ0v) is 16.4. The van der Waals surface area contributed by atoms with Gasteiger partial charge >= 0.3 is 0 Å². The molecule has 3 rings (SSSR count). The average Bonchev–Trinajstić information content (AvgIpc) is 3.14. The number of nitrogens with two attached hydrogens (primary N) is 1. The molecule has 0 saturated heterocycles. The Balaban J connectivity index is 1.85. The van der Waals surface area contributed by atoms with E-state index in [1.54, 1.807) is 32.7 Å². The summed E-state index contributed by atoms with van der Waals surface area (Å²) in [7, 11) is 3.11. The maximum Gasteiger partial charge on any atom is 0.252 e. The number of amides is 1. The molecule has 152 valence electrons. The first-order valence-electron chi connectivity index (χ1n) is 9.16. The highest BCUT2D eigenvalue weighted by molar-refractivity contribution is 5.95. The molecule has 0 aliphatic carbocycles. The van der Waals surface area contributed by atoms with E-state index in [0.29, 0.717) is 47.7 Å². The van der Waals surface area contributed by atoms with E-state index < -0.39 is 5.91 Å². The molecule has 2 aromatic heterocycles. The van der Waals surface area contributed by atoms with Gasteiger partial charge in [0.05, 0.1) is 37.8 Å². The van der Waals surface area contributed by atoms with E-state index in [2.05, 4.69) is 15.2 Å².